The van der Waals surface area contributed by atoms with Crippen LogP contribution in [0, 0.1) is 0 Å². The van der Waals surface area contributed by atoms with Gasteiger partial charge in [-0.1, -0.05) is 244 Å². The van der Waals surface area contributed by atoms with Crippen LogP contribution in [0.15, 0.2) is 134 Å². The van der Waals surface area contributed by atoms with E-state index in [1.807, 2.05) is 0 Å². The van der Waals surface area contributed by atoms with Crippen molar-refractivity contribution in [1.29, 1.82) is 0 Å². The van der Waals surface area contributed by atoms with Crippen LogP contribution in [0.4, 0.5) is 0 Å². The Kier molecular flexibility index (Phi) is 58.4. The summed E-state index contributed by atoms with van der Waals surface area (Å²) in [5.74, 6) is -0.980. The molecule has 0 spiro atoms. The zero-order valence-corrected chi connectivity index (χ0v) is 48.5. The summed E-state index contributed by atoms with van der Waals surface area (Å²) < 4.78 is 16.8. The summed E-state index contributed by atoms with van der Waals surface area (Å²) in [5, 5.41) is 0. The minimum atomic E-state index is -0.816. The Balaban J connectivity index is 4.43. The fraction of sp³-hybridized carbons (Fsp3) is 0.638. The molecule has 0 amide bonds. The topological polar surface area (TPSA) is 78.9 Å². The highest BCUT2D eigenvalue weighted by atomic mass is 16.6. The zero-order valence-electron chi connectivity index (χ0n) is 48.5. The molecule has 0 aromatic carbocycles. The Morgan fingerprint density at radius 3 is 0.840 bits per heavy atom. The molecule has 0 aromatic rings. The van der Waals surface area contributed by atoms with Crippen LogP contribution in [-0.4, -0.2) is 37.2 Å². The highest BCUT2D eigenvalue weighted by Gasteiger charge is 2.19. The molecule has 0 radical (unpaired) electrons. The molecule has 0 saturated heterocycles. The van der Waals surface area contributed by atoms with E-state index in [0.29, 0.717) is 19.3 Å². The first kappa shape index (κ1) is 70.5. The van der Waals surface area contributed by atoms with Crippen LogP contribution in [0.2, 0.25) is 0 Å². The Hall–Kier alpha value is -4.45. The number of unbranched alkanes of at least 4 members (excludes halogenated alkanes) is 21. The van der Waals surface area contributed by atoms with Crippen LogP contribution >= 0.6 is 0 Å². The summed E-state index contributed by atoms with van der Waals surface area (Å²) >= 11 is 0. The van der Waals surface area contributed by atoms with Crippen molar-refractivity contribution in [3.63, 3.8) is 0 Å². The van der Waals surface area contributed by atoms with E-state index >= 15 is 0 Å². The van der Waals surface area contributed by atoms with Crippen LogP contribution < -0.4 is 0 Å². The third kappa shape index (κ3) is 60.3. The van der Waals surface area contributed by atoms with Gasteiger partial charge in [0.15, 0.2) is 6.10 Å². The maximum Gasteiger partial charge on any atom is 0.306 e. The molecule has 0 N–H and O–H groups in total. The van der Waals surface area contributed by atoms with Crippen molar-refractivity contribution >= 4 is 17.9 Å². The van der Waals surface area contributed by atoms with E-state index in [2.05, 4.69) is 154 Å². The molecule has 0 aliphatic heterocycles. The van der Waals surface area contributed by atoms with Crippen LogP contribution in [0.3, 0.4) is 0 Å². The number of carbonyl (C=O) groups is 3. The van der Waals surface area contributed by atoms with Gasteiger partial charge >= 0.3 is 17.9 Å². The van der Waals surface area contributed by atoms with Crippen LogP contribution in [0.1, 0.15) is 265 Å². The Morgan fingerprint density at radius 2 is 0.520 bits per heavy atom. The first-order valence-electron chi connectivity index (χ1n) is 30.7. The van der Waals surface area contributed by atoms with Crippen molar-refractivity contribution in [2.75, 3.05) is 13.2 Å². The Labute approximate surface area is 462 Å². The maximum absolute atomic E-state index is 12.9. The highest BCUT2D eigenvalue weighted by molar-refractivity contribution is 5.71. The Bertz CT molecular complexity index is 1620. The third-order valence-corrected chi connectivity index (χ3v) is 12.6. The number of carbonyl (C=O) groups excluding carboxylic acids is 3. The molecular formula is C69H112O6. The monoisotopic (exact) mass is 1040 g/mol. The van der Waals surface area contributed by atoms with Gasteiger partial charge in [0.2, 0.25) is 0 Å². The standard InChI is InChI=1S/C69H112O6/c1-4-7-10-13-16-19-22-25-28-30-31-32-33-34-35-36-37-39-41-44-47-50-53-56-59-62-68(71)74-65-66(64-73-67(70)61-58-55-52-49-46-43-40-27-24-21-18-15-12-9-6-3)75-69(72)63-60-57-54-51-48-45-42-38-29-26-23-20-17-14-11-8-5-2/h8-9,11-12,17-18,20-22,25-27,29-31,33-34,40,42,45-46,49,66H,4-7,10,13-16,19,23-24,28,32,35-39,41,43-44,47-48,50-65H2,1-3H3/b11-8-,12-9-,20-17-,21-18-,25-22-,29-26-,31-30-,34-33-,40-27-,45-42-,49-46-. The molecule has 0 heterocycles. The Morgan fingerprint density at radius 1 is 0.280 bits per heavy atom. The number of rotatable bonds is 54. The first-order chi connectivity index (χ1) is 37.0. The van der Waals surface area contributed by atoms with E-state index in [1.54, 1.807) is 0 Å². The van der Waals surface area contributed by atoms with Crippen molar-refractivity contribution in [3.8, 4) is 0 Å². The molecule has 0 bridgehead atoms. The number of hydrogen-bond acceptors (Lipinski definition) is 6. The maximum atomic E-state index is 12.9. The second kappa shape index (κ2) is 62.1. The van der Waals surface area contributed by atoms with Crippen LogP contribution in [-0.2, 0) is 28.6 Å². The van der Waals surface area contributed by atoms with E-state index in [9.17, 15) is 14.4 Å². The second-order valence-electron chi connectivity index (χ2n) is 19.8. The van der Waals surface area contributed by atoms with Gasteiger partial charge in [-0.2, -0.15) is 0 Å². The van der Waals surface area contributed by atoms with Gasteiger partial charge in [0, 0.05) is 19.3 Å². The van der Waals surface area contributed by atoms with E-state index in [4.69, 9.17) is 14.2 Å². The normalized spacial score (nSPS) is 13.1. The lowest BCUT2D eigenvalue weighted by atomic mass is 10.1. The van der Waals surface area contributed by atoms with Crippen LogP contribution in [0.25, 0.3) is 0 Å². The van der Waals surface area contributed by atoms with Gasteiger partial charge < -0.3 is 14.2 Å². The highest BCUT2D eigenvalue weighted by Crippen LogP contribution is 2.14. The van der Waals surface area contributed by atoms with Crippen molar-refractivity contribution in [2.45, 2.75) is 271 Å². The molecule has 0 rings (SSSR count). The molecule has 0 aromatic heterocycles. The van der Waals surface area contributed by atoms with Gasteiger partial charge in [-0.15, -0.1) is 0 Å². The molecule has 1 atom stereocenters. The number of hydrogen-bond donors (Lipinski definition) is 0. The van der Waals surface area contributed by atoms with Crippen molar-refractivity contribution in [1.82, 2.24) is 0 Å². The number of ether oxygens (including phenoxy) is 3. The van der Waals surface area contributed by atoms with Gasteiger partial charge in [0.05, 0.1) is 0 Å². The van der Waals surface area contributed by atoms with E-state index in [-0.39, 0.29) is 37.5 Å². The SMILES string of the molecule is CC/C=C\C/C=C\C/C=C\C/C=C\CCCCCCC(=O)OC(COC(=O)CCCC/C=C\C/C=C\C/C=C\C/C=C\CC)COC(=O)CCCCCCCCCCCC/C=C\C/C=C\C/C=C\CCCCCCC. The minimum absolute atomic E-state index is 0.108. The van der Waals surface area contributed by atoms with Gasteiger partial charge in [-0.25, -0.2) is 0 Å². The summed E-state index contributed by atoms with van der Waals surface area (Å²) in [6.07, 6.45) is 87.4. The van der Waals surface area contributed by atoms with Gasteiger partial charge in [-0.3, -0.25) is 14.4 Å². The average Bonchev–Trinajstić information content (AvgIpc) is 3.41. The summed E-state index contributed by atoms with van der Waals surface area (Å²) in [4.78, 5) is 38.2. The molecule has 0 fully saturated rings. The fourth-order valence-electron chi connectivity index (χ4n) is 8.08. The fourth-order valence-corrected chi connectivity index (χ4v) is 8.08. The molecule has 6 heteroatoms. The van der Waals surface area contributed by atoms with Crippen LogP contribution in [0.5, 0.6) is 0 Å². The lowest BCUT2D eigenvalue weighted by molar-refractivity contribution is -0.167. The molecule has 0 saturated carbocycles. The molecule has 1 unspecified atom stereocenters. The molecule has 0 aliphatic carbocycles. The van der Waals surface area contributed by atoms with Gasteiger partial charge in [0.1, 0.15) is 13.2 Å². The van der Waals surface area contributed by atoms with E-state index < -0.39 is 6.10 Å². The van der Waals surface area contributed by atoms with E-state index in [0.717, 1.165) is 128 Å². The third-order valence-electron chi connectivity index (χ3n) is 12.6. The van der Waals surface area contributed by atoms with Gasteiger partial charge in [0.25, 0.3) is 0 Å². The predicted molar refractivity (Wildman–Crippen MR) is 325 cm³/mol. The molecule has 424 valence electrons. The van der Waals surface area contributed by atoms with Crippen molar-refractivity contribution in [3.05, 3.63) is 134 Å². The molecular weight excluding hydrogens is 925 g/mol. The largest absolute Gasteiger partial charge is 0.462 e. The quantitative estimate of drug-likeness (QED) is 0.0261. The smallest absolute Gasteiger partial charge is 0.306 e. The zero-order chi connectivity index (χ0) is 54.3. The molecule has 75 heavy (non-hydrogen) atoms. The van der Waals surface area contributed by atoms with E-state index in [1.165, 1.54) is 89.9 Å². The summed E-state index contributed by atoms with van der Waals surface area (Å²) in [6.45, 7) is 6.34. The molecule has 0 aliphatic rings. The lowest BCUT2D eigenvalue weighted by Crippen LogP contribution is -2.30. The van der Waals surface area contributed by atoms with Gasteiger partial charge in [-0.05, 0) is 135 Å². The summed E-state index contributed by atoms with van der Waals surface area (Å²) in [5.41, 5.74) is 0. The minimum Gasteiger partial charge on any atom is -0.462 e. The lowest BCUT2D eigenvalue weighted by Gasteiger charge is -2.18. The predicted octanol–water partition coefficient (Wildman–Crippen LogP) is 21.0. The summed E-state index contributed by atoms with van der Waals surface area (Å²) in [7, 11) is 0. The second-order valence-corrected chi connectivity index (χ2v) is 19.8. The molecule has 6 nitrogen and oxygen atoms in total. The summed E-state index contributed by atoms with van der Waals surface area (Å²) in [6, 6.07) is 0. The van der Waals surface area contributed by atoms with Crippen molar-refractivity contribution < 1.29 is 28.6 Å². The number of allylic oxidation sites excluding steroid dienone is 22. The first-order valence-corrected chi connectivity index (χ1v) is 30.7. The number of esters is 3. The average molecular weight is 1040 g/mol. The van der Waals surface area contributed by atoms with Crippen molar-refractivity contribution in [2.24, 2.45) is 0 Å².